The molecule has 0 aromatic heterocycles. The highest BCUT2D eigenvalue weighted by Gasteiger charge is 2.21. The lowest BCUT2D eigenvalue weighted by molar-refractivity contribution is -0.124. The van der Waals surface area contributed by atoms with Crippen molar-refractivity contribution >= 4 is 29.9 Å². The maximum absolute atomic E-state index is 12.3. The van der Waals surface area contributed by atoms with Crippen LogP contribution in [-0.4, -0.2) is 25.4 Å². The number of hydrogen-bond acceptors (Lipinski definition) is 3. The minimum absolute atomic E-state index is 0. The molecular weight excluding hydrogens is 338 g/mol. The molecule has 140 valence electrons. The Balaban J connectivity index is 0.00000312. The molecule has 1 aromatic carbocycles. The number of carbonyl (C=O) groups is 2. The Kier molecular flexibility index (Phi) is 9.53. The van der Waals surface area contributed by atoms with E-state index in [9.17, 15) is 9.59 Å². The molecule has 1 aliphatic rings. The Morgan fingerprint density at radius 3 is 2.60 bits per heavy atom. The highest BCUT2D eigenvalue weighted by Crippen LogP contribution is 2.25. The Hall–Kier alpha value is -1.59. The van der Waals surface area contributed by atoms with Crippen LogP contribution in [0.15, 0.2) is 24.3 Å². The van der Waals surface area contributed by atoms with Gasteiger partial charge < -0.3 is 16.0 Å². The minimum atomic E-state index is -0.0656. The molecule has 0 aliphatic heterocycles. The van der Waals surface area contributed by atoms with Crippen molar-refractivity contribution in [2.75, 3.05) is 18.9 Å². The first kappa shape index (κ1) is 21.5. The first-order valence-electron chi connectivity index (χ1n) is 8.92. The van der Waals surface area contributed by atoms with Crippen LogP contribution in [0.25, 0.3) is 0 Å². The van der Waals surface area contributed by atoms with E-state index < -0.39 is 0 Å². The monoisotopic (exact) mass is 367 g/mol. The van der Waals surface area contributed by atoms with Crippen LogP contribution in [0.2, 0.25) is 0 Å². The Morgan fingerprint density at radius 2 is 1.92 bits per heavy atom. The molecule has 1 aliphatic carbocycles. The summed E-state index contributed by atoms with van der Waals surface area (Å²) in [6.07, 6.45) is 5.52. The van der Waals surface area contributed by atoms with E-state index in [1.807, 2.05) is 38.2 Å². The SMILES string of the molecule is CNCC(C)C(=O)NCc1cccc(NC(=O)C2CCCCC2)c1.Cl. The molecule has 2 rings (SSSR count). The maximum Gasteiger partial charge on any atom is 0.227 e. The average molecular weight is 368 g/mol. The number of anilines is 1. The highest BCUT2D eigenvalue weighted by atomic mass is 35.5. The van der Waals surface area contributed by atoms with E-state index in [2.05, 4.69) is 16.0 Å². The van der Waals surface area contributed by atoms with E-state index >= 15 is 0 Å². The predicted molar refractivity (Wildman–Crippen MR) is 104 cm³/mol. The van der Waals surface area contributed by atoms with E-state index in [0.29, 0.717) is 13.1 Å². The molecule has 2 amide bonds. The lowest BCUT2D eigenvalue weighted by Crippen LogP contribution is -2.33. The number of benzene rings is 1. The zero-order valence-corrected chi connectivity index (χ0v) is 16.0. The molecule has 0 bridgehead atoms. The van der Waals surface area contributed by atoms with E-state index in [-0.39, 0.29) is 36.1 Å². The first-order chi connectivity index (χ1) is 11.6. The van der Waals surface area contributed by atoms with Gasteiger partial charge in [-0.3, -0.25) is 9.59 Å². The lowest BCUT2D eigenvalue weighted by atomic mass is 9.88. The molecule has 6 heteroatoms. The van der Waals surface area contributed by atoms with Gasteiger partial charge in [0.2, 0.25) is 11.8 Å². The molecule has 1 unspecified atom stereocenters. The van der Waals surface area contributed by atoms with Gasteiger partial charge in [-0.15, -0.1) is 12.4 Å². The summed E-state index contributed by atoms with van der Waals surface area (Å²) in [6.45, 7) is 3.02. The molecular formula is C19H30ClN3O2. The fourth-order valence-electron chi connectivity index (χ4n) is 3.13. The van der Waals surface area contributed by atoms with Crippen molar-refractivity contribution < 1.29 is 9.59 Å². The lowest BCUT2D eigenvalue weighted by Gasteiger charge is -2.21. The molecule has 1 aromatic rings. The van der Waals surface area contributed by atoms with Crippen LogP contribution in [0, 0.1) is 11.8 Å². The van der Waals surface area contributed by atoms with Gasteiger partial charge in [0.15, 0.2) is 0 Å². The molecule has 5 nitrogen and oxygen atoms in total. The minimum Gasteiger partial charge on any atom is -0.352 e. The molecule has 0 spiro atoms. The molecule has 3 N–H and O–H groups in total. The van der Waals surface area contributed by atoms with Crippen LogP contribution < -0.4 is 16.0 Å². The number of hydrogen-bond donors (Lipinski definition) is 3. The van der Waals surface area contributed by atoms with Gasteiger partial charge in [0.1, 0.15) is 0 Å². The van der Waals surface area contributed by atoms with Crippen molar-refractivity contribution in [1.29, 1.82) is 0 Å². The van der Waals surface area contributed by atoms with E-state index in [1.54, 1.807) is 0 Å². The highest BCUT2D eigenvalue weighted by molar-refractivity contribution is 5.92. The predicted octanol–water partition coefficient (Wildman–Crippen LogP) is 3.10. The van der Waals surface area contributed by atoms with Crippen molar-refractivity contribution in [1.82, 2.24) is 10.6 Å². The molecule has 1 fully saturated rings. The molecule has 25 heavy (non-hydrogen) atoms. The largest absolute Gasteiger partial charge is 0.352 e. The van der Waals surface area contributed by atoms with Crippen LogP contribution >= 0.6 is 12.4 Å². The van der Waals surface area contributed by atoms with Crippen molar-refractivity contribution in [3.63, 3.8) is 0 Å². The second-order valence-electron chi connectivity index (χ2n) is 6.70. The Bertz CT molecular complexity index is 559. The van der Waals surface area contributed by atoms with Gasteiger partial charge in [-0.25, -0.2) is 0 Å². The third-order valence-electron chi connectivity index (χ3n) is 4.60. The number of halogens is 1. The second-order valence-corrected chi connectivity index (χ2v) is 6.70. The normalized spacial score (nSPS) is 15.8. The fourth-order valence-corrected chi connectivity index (χ4v) is 3.13. The average Bonchev–Trinajstić information content (AvgIpc) is 2.61. The number of nitrogens with one attached hydrogen (secondary N) is 3. The van der Waals surface area contributed by atoms with Crippen LogP contribution in [0.3, 0.4) is 0 Å². The molecule has 0 saturated heterocycles. The fraction of sp³-hybridized carbons (Fsp3) is 0.579. The third kappa shape index (κ3) is 7.04. The van der Waals surface area contributed by atoms with Crippen LogP contribution in [0.1, 0.15) is 44.6 Å². The third-order valence-corrected chi connectivity index (χ3v) is 4.60. The summed E-state index contributed by atoms with van der Waals surface area (Å²) in [5.74, 6) is 0.230. The second kappa shape index (κ2) is 11.1. The van der Waals surface area contributed by atoms with Crippen molar-refractivity contribution in [2.45, 2.75) is 45.6 Å². The molecule has 0 heterocycles. The Labute approximate surface area is 156 Å². The van der Waals surface area contributed by atoms with E-state index in [1.165, 1.54) is 6.42 Å². The van der Waals surface area contributed by atoms with Crippen LogP contribution in [0.5, 0.6) is 0 Å². The molecule has 1 atom stereocenters. The number of rotatable bonds is 7. The van der Waals surface area contributed by atoms with Gasteiger partial charge in [0.25, 0.3) is 0 Å². The number of amides is 2. The molecule has 1 saturated carbocycles. The number of carbonyl (C=O) groups excluding carboxylic acids is 2. The zero-order chi connectivity index (χ0) is 17.4. The Morgan fingerprint density at radius 1 is 1.20 bits per heavy atom. The van der Waals surface area contributed by atoms with E-state index in [0.717, 1.165) is 36.9 Å². The summed E-state index contributed by atoms with van der Waals surface area (Å²) < 4.78 is 0. The van der Waals surface area contributed by atoms with Crippen LogP contribution in [-0.2, 0) is 16.1 Å². The summed E-state index contributed by atoms with van der Waals surface area (Å²) in [5.41, 5.74) is 1.79. The molecule has 0 radical (unpaired) electrons. The summed E-state index contributed by atoms with van der Waals surface area (Å²) in [6, 6.07) is 7.70. The maximum atomic E-state index is 12.3. The van der Waals surface area contributed by atoms with Gasteiger partial charge in [0.05, 0.1) is 0 Å². The van der Waals surface area contributed by atoms with Gasteiger partial charge in [-0.05, 0) is 37.6 Å². The summed E-state index contributed by atoms with van der Waals surface area (Å²) in [5, 5.41) is 8.96. The van der Waals surface area contributed by atoms with Crippen molar-refractivity contribution in [3.8, 4) is 0 Å². The summed E-state index contributed by atoms with van der Waals surface area (Å²) in [7, 11) is 1.84. The van der Waals surface area contributed by atoms with Gasteiger partial charge in [-0.1, -0.05) is 38.3 Å². The van der Waals surface area contributed by atoms with Gasteiger partial charge in [0, 0.05) is 30.6 Å². The smallest absolute Gasteiger partial charge is 0.227 e. The van der Waals surface area contributed by atoms with Gasteiger partial charge in [-0.2, -0.15) is 0 Å². The zero-order valence-electron chi connectivity index (χ0n) is 15.1. The van der Waals surface area contributed by atoms with Crippen LogP contribution in [0.4, 0.5) is 5.69 Å². The summed E-state index contributed by atoms with van der Waals surface area (Å²) in [4.78, 5) is 24.3. The quantitative estimate of drug-likeness (QED) is 0.693. The van der Waals surface area contributed by atoms with Crippen molar-refractivity contribution in [3.05, 3.63) is 29.8 Å². The van der Waals surface area contributed by atoms with E-state index in [4.69, 9.17) is 0 Å². The topological polar surface area (TPSA) is 70.2 Å². The first-order valence-corrected chi connectivity index (χ1v) is 8.92. The summed E-state index contributed by atoms with van der Waals surface area (Å²) >= 11 is 0. The standard InChI is InChI=1S/C19H29N3O2.ClH/c1-14(12-20-2)18(23)21-13-15-7-6-10-17(11-15)22-19(24)16-8-4-3-5-9-16;/h6-7,10-11,14,16,20H,3-5,8-9,12-13H2,1-2H3,(H,21,23)(H,22,24);1H. The van der Waals surface area contributed by atoms with Crippen molar-refractivity contribution in [2.24, 2.45) is 11.8 Å². The van der Waals surface area contributed by atoms with Gasteiger partial charge >= 0.3 is 0 Å².